The van der Waals surface area contributed by atoms with E-state index >= 15 is 0 Å². The van der Waals surface area contributed by atoms with Crippen LogP contribution in [0.1, 0.15) is 64.2 Å². The molecule has 2 saturated heterocycles. The zero-order valence-electron chi connectivity index (χ0n) is 14.9. The Hall–Kier alpha value is -1.29. The Morgan fingerprint density at radius 3 is 2.58 bits per heavy atom. The van der Waals surface area contributed by atoms with Crippen LogP contribution in [0.3, 0.4) is 0 Å². The summed E-state index contributed by atoms with van der Waals surface area (Å²) in [5.74, 6) is 0.665. The summed E-state index contributed by atoms with van der Waals surface area (Å²) < 4.78 is 11.1. The number of carboxylic acids is 1. The van der Waals surface area contributed by atoms with Crippen molar-refractivity contribution in [3.05, 3.63) is 24.5 Å². The standard InChI is InChI=1S/C20H32O4/c1-23-15-9-5-4-7-11-17-16(18-13-14-19(17)24-18)10-6-2-3-8-12-20(21)22/h2,6,9,15-19H,3-5,7-8,10-14H2,1H3,(H,21,22)/t16-,17+,18-,19+/m0/s1. The molecule has 0 aliphatic carbocycles. The number of unbranched alkanes of at least 4 members (excludes halogenated alkanes) is 3. The van der Waals surface area contributed by atoms with E-state index in [0.717, 1.165) is 25.7 Å². The molecule has 136 valence electrons. The Labute approximate surface area is 145 Å². The summed E-state index contributed by atoms with van der Waals surface area (Å²) in [6, 6.07) is 0. The van der Waals surface area contributed by atoms with E-state index in [1.807, 2.05) is 0 Å². The lowest BCUT2D eigenvalue weighted by Gasteiger charge is -2.27. The molecule has 0 radical (unpaired) electrons. The summed E-state index contributed by atoms with van der Waals surface area (Å²) >= 11 is 0. The highest BCUT2D eigenvalue weighted by molar-refractivity contribution is 5.66. The average Bonchev–Trinajstić information content (AvgIpc) is 3.15. The summed E-state index contributed by atoms with van der Waals surface area (Å²) in [4.78, 5) is 10.5. The van der Waals surface area contributed by atoms with Crippen molar-refractivity contribution in [3.8, 4) is 0 Å². The molecule has 0 amide bonds. The normalized spacial score (nSPS) is 29.0. The van der Waals surface area contributed by atoms with Crippen LogP contribution in [0.4, 0.5) is 0 Å². The van der Waals surface area contributed by atoms with Crippen molar-refractivity contribution in [3.63, 3.8) is 0 Å². The summed E-state index contributed by atoms with van der Waals surface area (Å²) in [5, 5.41) is 8.65. The van der Waals surface area contributed by atoms with Gasteiger partial charge in [0.2, 0.25) is 0 Å². The minimum absolute atomic E-state index is 0.266. The number of aliphatic carboxylic acids is 1. The second-order valence-corrected chi connectivity index (χ2v) is 7.00. The molecule has 0 aromatic heterocycles. The van der Waals surface area contributed by atoms with E-state index in [0.29, 0.717) is 24.0 Å². The minimum Gasteiger partial charge on any atom is -0.505 e. The second-order valence-electron chi connectivity index (χ2n) is 7.00. The number of allylic oxidation sites excluding steroid dienone is 3. The lowest BCUT2D eigenvalue weighted by Crippen LogP contribution is -2.26. The van der Waals surface area contributed by atoms with Crippen LogP contribution in [-0.2, 0) is 14.3 Å². The topological polar surface area (TPSA) is 55.8 Å². The van der Waals surface area contributed by atoms with Crippen LogP contribution in [-0.4, -0.2) is 30.4 Å². The predicted molar refractivity (Wildman–Crippen MR) is 94.7 cm³/mol. The van der Waals surface area contributed by atoms with Crippen LogP contribution in [0.15, 0.2) is 24.5 Å². The van der Waals surface area contributed by atoms with Gasteiger partial charge in [0.1, 0.15) is 0 Å². The van der Waals surface area contributed by atoms with E-state index in [-0.39, 0.29) is 6.42 Å². The van der Waals surface area contributed by atoms with E-state index in [4.69, 9.17) is 14.6 Å². The maximum absolute atomic E-state index is 10.5. The third kappa shape index (κ3) is 5.97. The largest absolute Gasteiger partial charge is 0.505 e. The molecule has 2 aliphatic rings. The van der Waals surface area contributed by atoms with Crippen LogP contribution < -0.4 is 0 Å². The van der Waals surface area contributed by atoms with Crippen molar-refractivity contribution in [2.24, 2.45) is 11.8 Å². The number of rotatable bonds is 12. The smallest absolute Gasteiger partial charge is 0.303 e. The first kappa shape index (κ1) is 19.0. The molecule has 1 N–H and O–H groups in total. The fourth-order valence-corrected chi connectivity index (χ4v) is 4.15. The first-order valence-electron chi connectivity index (χ1n) is 9.42. The van der Waals surface area contributed by atoms with Gasteiger partial charge in [0.05, 0.1) is 25.6 Å². The summed E-state index contributed by atoms with van der Waals surface area (Å²) in [6.07, 6.45) is 19.4. The minimum atomic E-state index is -0.703. The maximum Gasteiger partial charge on any atom is 0.303 e. The van der Waals surface area contributed by atoms with Crippen molar-refractivity contribution in [1.82, 2.24) is 0 Å². The molecule has 4 nitrogen and oxygen atoms in total. The number of carboxylic acid groups (broad SMARTS) is 1. The molecule has 2 fully saturated rings. The summed E-state index contributed by atoms with van der Waals surface area (Å²) in [6.45, 7) is 0. The average molecular weight is 336 g/mol. The SMILES string of the molecule is COC=CCCCC[C@@H]1[C@H](CC=CCCCC(=O)O)[C@@H]2CC[C@H]1O2. The molecule has 0 saturated carbocycles. The number of fused-ring (bicyclic) bond motifs is 2. The zero-order chi connectivity index (χ0) is 17.2. The second kappa shape index (κ2) is 10.5. The first-order valence-corrected chi connectivity index (χ1v) is 9.42. The fraction of sp³-hybridized carbons (Fsp3) is 0.750. The maximum atomic E-state index is 10.5. The molecule has 2 heterocycles. The fourth-order valence-electron chi connectivity index (χ4n) is 4.15. The van der Waals surface area contributed by atoms with Gasteiger partial charge >= 0.3 is 5.97 Å². The molecule has 0 aromatic rings. The highest BCUT2D eigenvalue weighted by Crippen LogP contribution is 2.47. The third-order valence-corrected chi connectivity index (χ3v) is 5.32. The number of hydrogen-bond donors (Lipinski definition) is 1. The number of ether oxygens (including phenoxy) is 2. The van der Waals surface area contributed by atoms with Gasteiger partial charge in [-0.2, -0.15) is 0 Å². The molecule has 4 atom stereocenters. The Balaban J connectivity index is 1.68. The van der Waals surface area contributed by atoms with Gasteiger partial charge in [0.15, 0.2) is 0 Å². The van der Waals surface area contributed by atoms with Crippen molar-refractivity contribution >= 4 is 5.97 Å². The van der Waals surface area contributed by atoms with Gasteiger partial charge in [-0.05, 0) is 69.3 Å². The van der Waals surface area contributed by atoms with Crippen molar-refractivity contribution in [1.29, 1.82) is 0 Å². The molecule has 0 spiro atoms. The van der Waals surface area contributed by atoms with E-state index in [1.54, 1.807) is 13.4 Å². The highest BCUT2D eigenvalue weighted by Gasteiger charge is 2.47. The molecule has 4 heteroatoms. The van der Waals surface area contributed by atoms with Gasteiger partial charge in [-0.1, -0.05) is 18.6 Å². The van der Waals surface area contributed by atoms with Crippen LogP contribution in [0, 0.1) is 11.8 Å². The number of methoxy groups -OCH3 is 1. The summed E-state index contributed by atoms with van der Waals surface area (Å²) in [5.41, 5.74) is 0. The molecule has 2 rings (SSSR count). The van der Waals surface area contributed by atoms with Crippen LogP contribution in [0.5, 0.6) is 0 Å². The Bertz CT molecular complexity index is 429. The monoisotopic (exact) mass is 336 g/mol. The molecule has 24 heavy (non-hydrogen) atoms. The van der Waals surface area contributed by atoms with Gasteiger partial charge in [-0.25, -0.2) is 0 Å². The number of carbonyl (C=O) groups is 1. The van der Waals surface area contributed by atoms with E-state index < -0.39 is 5.97 Å². The van der Waals surface area contributed by atoms with E-state index in [2.05, 4.69) is 18.2 Å². The first-order chi connectivity index (χ1) is 11.7. The van der Waals surface area contributed by atoms with Gasteiger partial charge < -0.3 is 14.6 Å². The Kier molecular flexibility index (Phi) is 8.37. The van der Waals surface area contributed by atoms with E-state index in [1.165, 1.54) is 32.1 Å². The quantitative estimate of drug-likeness (QED) is 0.319. The molecule has 2 bridgehead atoms. The molecule has 0 aromatic carbocycles. The predicted octanol–water partition coefficient (Wildman–Crippen LogP) is 4.70. The van der Waals surface area contributed by atoms with Gasteiger partial charge in [0, 0.05) is 6.42 Å². The van der Waals surface area contributed by atoms with Crippen LogP contribution in [0.2, 0.25) is 0 Å². The lowest BCUT2D eigenvalue weighted by molar-refractivity contribution is -0.137. The molecular weight excluding hydrogens is 304 g/mol. The van der Waals surface area contributed by atoms with Crippen molar-refractivity contribution in [2.75, 3.05) is 7.11 Å². The van der Waals surface area contributed by atoms with Gasteiger partial charge in [-0.15, -0.1) is 0 Å². The summed E-state index contributed by atoms with van der Waals surface area (Å²) in [7, 11) is 1.68. The number of hydrogen-bond acceptors (Lipinski definition) is 3. The molecule has 0 unspecified atom stereocenters. The zero-order valence-corrected chi connectivity index (χ0v) is 14.9. The van der Waals surface area contributed by atoms with Crippen molar-refractivity contribution in [2.45, 2.75) is 76.4 Å². The van der Waals surface area contributed by atoms with Crippen molar-refractivity contribution < 1.29 is 19.4 Å². The Morgan fingerprint density at radius 1 is 1.08 bits per heavy atom. The van der Waals surface area contributed by atoms with Crippen LogP contribution >= 0.6 is 0 Å². The Morgan fingerprint density at radius 2 is 1.83 bits per heavy atom. The third-order valence-electron chi connectivity index (χ3n) is 5.32. The lowest BCUT2D eigenvalue weighted by atomic mass is 9.75. The molecule has 2 aliphatic heterocycles. The van der Waals surface area contributed by atoms with Gasteiger partial charge in [-0.3, -0.25) is 4.79 Å². The van der Waals surface area contributed by atoms with Crippen LogP contribution in [0.25, 0.3) is 0 Å². The highest BCUT2D eigenvalue weighted by atomic mass is 16.5. The van der Waals surface area contributed by atoms with E-state index in [9.17, 15) is 4.79 Å². The molecular formula is C20H32O4. The van der Waals surface area contributed by atoms with Gasteiger partial charge in [0.25, 0.3) is 0 Å².